The number of allylic oxidation sites excluding steroid dienone is 2. The van der Waals surface area contributed by atoms with Gasteiger partial charge < -0.3 is 17.0 Å². The molecule has 0 aliphatic rings. The molecule has 0 atom stereocenters. The van der Waals surface area contributed by atoms with Crippen LogP contribution in [0.1, 0.15) is 65.2 Å². The Morgan fingerprint density at radius 2 is 1.42 bits per heavy atom. The normalized spacial score (nSPS) is 10.7. The van der Waals surface area contributed by atoms with E-state index in [1.165, 1.54) is 44.9 Å². The number of hydrogen-bond acceptors (Lipinski definition) is 5. The summed E-state index contributed by atoms with van der Waals surface area (Å²) in [7, 11) is -4.67. The van der Waals surface area contributed by atoms with Gasteiger partial charge >= 0.3 is 10.4 Å². The van der Waals surface area contributed by atoms with Crippen LogP contribution in [0.4, 0.5) is 0 Å². The standard InChI is InChI=1S/C18H28O.2H3N.H2O4S/c1-3-5-6-7-8-9-11-14-17(4-2)19-18-15-12-10-13-16-18;;;1-5(2,3)4/h4,10,12-13,15-16H,3,5-9,11,14H2,1-2H3;2*1H3;(H2,1,2,3,4). The monoisotopic (exact) mass is 392 g/mol. The molecule has 0 saturated heterocycles. The highest BCUT2D eigenvalue weighted by Gasteiger charge is 2.00. The fraction of sp³-hybridized carbons (Fsp3) is 0.556. The van der Waals surface area contributed by atoms with E-state index in [2.05, 4.69) is 19.9 Å². The summed E-state index contributed by atoms with van der Waals surface area (Å²) < 4.78 is 37.5. The molecule has 0 fully saturated rings. The molecular weight excluding hydrogens is 356 g/mol. The Morgan fingerprint density at radius 3 is 1.88 bits per heavy atom. The Balaban J connectivity index is -0.000000668. The van der Waals surface area contributed by atoms with Gasteiger partial charge in [0.05, 0.1) is 5.76 Å². The summed E-state index contributed by atoms with van der Waals surface area (Å²) >= 11 is 0. The average molecular weight is 393 g/mol. The van der Waals surface area contributed by atoms with Crippen molar-refractivity contribution < 1.29 is 22.3 Å². The molecule has 8 heteroatoms. The first-order chi connectivity index (χ1) is 11.4. The van der Waals surface area contributed by atoms with Gasteiger partial charge in [0.25, 0.3) is 0 Å². The van der Waals surface area contributed by atoms with Crippen molar-refractivity contribution in [3.8, 4) is 5.75 Å². The van der Waals surface area contributed by atoms with Gasteiger partial charge in [-0.2, -0.15) is 8.42 Å². The van der Waals surface area contributed by atoms with Crippen LogP contribution in [-0.4, -0.2) is 17.5 Å². The summed E-state index contributed by atoms with van der Waals surface area (Å²) in [6.07, 6.45) is 12.6. The maximum atomic E-state index is 8.74. The van der Waals surface area contributed by atoms with Crippen molar-refractivity contribution in [1.82, 2.24) is 12.3 Å². The zero-order chi connectivity index (χ0) is 18.3. The molecule has 0 aromatic heterocycles. The number of para-hydroxylation sites is 1. The van der Waals surface area contributed by atoms with E-state index in [4.69, 9.17) is 22.3 Å². The van der Waals surface area contributed by atoms with E-state index in [1.807, 2.05) is 30.3 Å². The molecule has 0 amide bonds. The third-order valence-electron chi connectivity index (χ3n) is 3.34. The van der Waals surface area contributed by atoms with Crippen LogP contribution in [0.5, 0.6) is 5.75 Å². The Kier molecular flexibility index (Phi) is 20.7. The second-order valence-corrected chi connectivity index (χ2v) is 6.38. The highest BCUT2D eigenvalue weighted by atomic mass is 32.3. The van der Waals surface area contributed by atoms with Gasteiger partial charge in [0.2, 0.25) is 0 Å². The van der Waals surface area contributed by atoms with E-state index >= 15 is 0 Å². The first-order valence-electron chi connectivity index (χ1n) is 8.44. The minimum absolute atomic E-state index is 0. The van der Waals surface area contributed by atoms with Crippen molar-refractivity contribution in [2.75, 3.05) is 0 Å². The van der Waals surface area contributed by atoms with Gasteiger partial charge in [-0.25, -0.2) is 0 Å². The van der Waals surface area contributed by atoms with Gasteiger partial charge in [-0.1, -0.05) is 63.6 Å². The first-order valence-corrected chi connectivity index (χ1v) is 9.84. The van der Waals surface area contributed by atoms with Crippen LogP contribution in [0, 0.1) is 0 Å². The van der Waals surface area contributed by atoms with Gasteiger partial charge in [-0.15, -0.1) is 0 Å². The van der Waals surface area contributed by atoms with Crippen LogP contribution in [-0.2, 0) is 10.4 Å². The molecule has 0 radical (unpaired) electrons. The fourth-order valence-electron chi connectivity index (χ4n) is 2.15. The molecule has 1 aromatic carbocycles. The van der Waals surface area contributed by atoms with Crippen LogP contribution >= 0.6 is 0 Å². The molecule has 26 heavy (non-hydrogen) atoms. The number of rotatable bonds is 10. The van der Waals surface area contributed by atoms with Crippen LogP contribution in [0.2, 0.25) is 0 Å². The van der Waals surface area contributed by atoms with Crippen LogP contribution < -0.4 is 17.0 Å². The smallest absolute Gasteiger partial charge is 0.394 e. The summed E-state index contributed by atoms with van der Waals surface area (Å²) in [6, 6.07) is 10.0. The van der Waals surface area contributed by atoms with Gasteiger partial charge in [0, 0.05) is 6.42 Å². The van der Waals surface area contributed by atoms with Gasteiger partial charge in [0.1, 0.15) is 5.75 Å². The minimum atomic E-state index is -4.67. The fourth-order valence-corrected chi connectivity index (χ4v) is 2.15. The van der Waals surface area contributed by atoms with E-state index in [1.54, 1.807) is 0 Å². The van der Waals surface area contributed by atoms with E-state index in [-0.39, 0.29) is 12.3 Å². The zero-order valence-electron chi connectivity index (χ0n) is 16.1. The lowest BCUT2D eigenvalue weighted by Crippen LogP contribution is -1.95. The molecule has 1 aromatic rings. The Labute approximate surface area is 158 Å². The van der Waals surface area contributed by atoms with E-state index in [0.717, 1.165) is 17.9 Å². The lowest BCUT2D eigenvalue weighted by molar-refractivity contribution is 0.381. The Hall–Kier alpha value is -1.45. The highest BCUT2D eigenvalue weighted by molar-refractivity contribution is 7.79. The number of ether oxygens (including phenoxy) is 1. The molecule has 0 aliphatic heterocycles. The molecule has 0 bridgehead atoms. The van der Waals surface area contributed by atoms with Crippen molar-refractivity contribution in [3.05, 3.63) is 42.2 Å². The molecule has 0 saturated carbocycles. The second kappa shape index (κ2) is 18.3. The van der Waals surface area contributed by atoms with E-state index in [9.17, 15) is 0 Å². The largest absolute Gasteiger partial charge is 0.462 e. The summed E-state index contributed by atoms with van der Waals surface area (Å²) in [6.45, 7) is 4.32. The van der Waals surface area contributed by atoms with Crippen molar-refractivity contribution in [1.29, 1.82) is 0 Å². The maximum Gasteiger partial charge on any atom is 0.394 e. The van der Waals surface area contributed by atoms with Crippen LogP contribution in [0.25, 0.3) is 0 Å². The first kappa shape index (κ1) is 29.3. The quantitative estimate of drug-likeness (QED) is 0.223. The van der Waals surface area contributed by atoms with Gasteiger partial charge in [-0.05, 0) is 31.6 Å². The summed E-state index contributed by atoms with van der Waals surface area (Å²) in [4.78, 5) is 0. The van der Waals surface area contributed by atoms with Gasteiger partial charge in [-0.3, -0.25) is 9.11 Å². The summed E-state index contributed by atoms with van der Waals surface area (Å²) in [5.74, 6) is 2.04. The average Bonchev–Trinajstić information content (AvgIpc) is 2.52. The molecule has 154 valence electrons. The van der Waals surface area contributed by atoms with Crippen molar-refractivity contribution in [3.63, 3.8) is 0 Å². The molecule has 0 spiro atoms. The predicted octanol–water partition coefficient (Wildman–Crippen LogP) is 5.78. The third kappa shape index (κ3) is 22.6. The zero-order valence-corrected chi connectivity index (χ0v) is 16.9. The van der Waals surface area contributed by atoms with Crippen LogP contribution in [0.3, 0.4) is 0 Å². The Morgan fingerprint density at radius 1 is 0.962 bits per heavy atom. The molecule has 1 rings (SSSR count). The van der Waals surface area contributed by atoms with Crippen molar-refractivity contribution >= 4 is 10.4 Å². The Bertz CT molecular complexity index is 540. The van der Waals surface area contributed by atoms with Crippen molar-refractivity contribution in [2.45, 2.75) is 65.2 Å². The van der Waals surface area contributed by atoms with E-state index < -0.39 is 10.4 Å². The number of benzene rings is 1. The van der Waals surface area contributed by atoms with E-state index in [0.29, 0.717) is 0 Å². The molecule has 0 aliphatic carbocycles. The SMILES string of the molecule is CC=C(CCCCCCCCC)Oc1ccccc1.N.N.O=S(=O)(O)O. The molecular formula is C18H36N2O5S. The summed E-state index contributed by atoms with van der Waals surface area (Å²) in [5, 5.41) is 0. The number of unbranched alkanes of at least 4 members (excludes halogenated alkanes) is 6. The molecule has 7 nitrogen and oxygen atoms in total. The lowest BCUT2D eigenvalue weighted by Gasteiger charge is -2.09. The predicted molar refractivity (Wildman–Crippen MR) is 108 cm³/mol. The lowest BCUT2D eigenvalue weighted by atomic mass is 10.1. The molecule has 0 heterocycles. The van der Waals surface area contributed by atoms with Crippen molar-refractivity contribution in [2.24, 2.45) is 0 Å². The molecule has 0 unspecified atom stereocenters. The second-order valence-electron chi connectivity index (χ2n) is 5.49. The molecule has 8 N–H and O–H groups in total. The third-order valence-corrected chi connectivity index (χ3v) is 3.34. The minimum Gasteiger partial charge on any atom is -0.462 e. The summed E-state index contributed by atoms with van der Waals surface area (Å²) in [5.41, 5.74) is 0. The maximum absolute atomic E-state index is 8.74. The topological polar surface area (TPSA) is 154 Å². The highest BCUT2D eigenvalue weighted by Crippen LogP contribution is 2.17. The number of hydrogen-bond donors (Lipinski definition) is 4. The van der Waals surface area contributed by atoms with Crippen LogP contribution in [0.15, 0.2) is 42.2 Å². The van der Waals surface area contributed by atoms with Gasteiger partial charge in [0.15, 0.2) is 0 Å².